The second kappa shape index (κ2) is 5.65. The normalized spacial score (nSPS) is 10.7. The van der Waals surface area contributed by atoms with Gasteiger partial charge in [-0.3, -0.25) is 0 Å². The van der Waals surface area contributed by atoms with E-state index in [0.29, 0.717) is 23.3 Å². The zero-order chi connectivity index (χ0) is 13.8. The molecule has 1 N–H and O–H groups in total. The Balaban J connectivity index is 1.78. The maximum atomic E-state index is 13.9. The number of anilines is 1. The largest absolute Gasteiger partial charge is 0.369 e. The number of benzene rings is 2. The third-order valence-electron chi connectivity index (χ3n) is 3.16. The van der Waals surface area contributed by atoms with Gasteiger partial charge in [0.2, 0.25) is 0 Å². The molecule has 0 aliphatic heterocycles. The Morgan fingerprint density at radius 1 is 0.950 bits per heavy atom. The number of rotatable bonds is 4. The van der Waals surface area contributed by atoms with Crippen LogP contribution in [0.2, 0.25) is 0 Å². The van der Waals surface area contributed by atoms with E-state index in [9.17, 15) is 4.39 Å². The molecule has 0 aliphatic rings. The van der Waals surface area contributed by atoms with Crippen LogP contribution in [0.1, 0.15) is 5.56 Å². The zero-order valence-corrected chi connectivity index (χ0v) is 10.9. The van der Waals surface area contributed by atoms with Crippen LogP contribution in [0.25, 0.3) is 10.9 Å². The van der Waals surface area contributed by atoms with Gasteiger partial charge in [0.05, 0.1) is 10.9 Å². The summed E-state index contributed by atoms with van der Waals surface area (Å²) in [6.45, 7) is 0.699. The van der Waals surface area contributed by atoms with Gasteiger partial charge in [0, 0.05) is 6.54 Å². The molecule has 0 unspecified atom stereocenters. The molecule has 100 valence electrons. The third kappa shape index (κ3) is 2.59. The number of hydrogen-bond acceptors (Lipinski definition) is 3. The summed E-state index contributed by atoms with van der Waals surface area (Å²) >= 11 is 0. The highest BCUT2D eigenvalue weighted by atomic mass is 19.1. The Kier molecular flexibility index (Phi) is 3.54. The van der Waals surface area contributed by atoms with Gasteiger partial charge >= 0.3 is 0 Å². The van der Waals surface area contributed by atoms with E-state index in [0.717, 1.165) is 6.42 Å². The summed E-state index contributed by atoms with van der Waals surface area (Å²) in [5.41, 5.74) is 1.85. The maximum Gasteiger partial charge on any atom is 0.140 e. The van der Waals surface area contributed by atoms with E-state index in [1.807, 2.05) is 18.2 Å². The number of nitrogens with zero attached hydrogens (tertiary/aromatic N) is 2. The van der Waals surface area contributed by atoms with Crippen LogP contribution in [0.5, 0.6) is 0 Å². The first-order valence-electron chi connectivity index (χ1n) is 6.51. The van der Waals surface area contributed by atoms with E-state index in [1.165, 1.54) is 18.0 Å². The number of fused-ring (bicyclic) bond motifs is 1. The van der Waals surface area contributed by atoms with Crippen molar-refractivity contribution in [1.29, 1.82) is 0 Å². The van der Waals surface area contributed by atoms with Crippen LogP contribution in [0.15, 0.2) is 54.9 Å². The van der Waals surface area contributed by atoms with Crippen LogP contribution < -0.4 is 5.32 Å². The Hall–Kier alpha value is -2.49. The van der Waals surface area contributed by atoms with Crippen molar-refractivity contribution in [2.24, 2.45) is 0 Å². The van der Waals surface area contributed by atoms with Gasteiger partial charge in [-0.15, -0.1) is 0 Å². The van der Waals surface area contributed by atoms with Crippen LogP contribution in [0.3, 0.4) is 0 Å². The SMILES string of the molecule is Fc1cccc2ncnc(NCCc3ccccc3)c12. The highest BCUT2D eigenvalue weighted by molar-refractivity contribution is 5.89. The lowest BCUT2D eigenvalue weighted by atomic mass is 10.1. The first-order valence-corrected chi connectivity index (χ1v) is 6.51. The van der Waals surface area contributed by atoms with Gasteiger partial charge in [-0.1, -0.05) is 36.4 Å². The molecule has 2 aromatic carbocycles. The van der Waals surface area contributed by atoms with Crippen LogP contribution in [-0.2, 0) is 6.42 Å². The van der Waals surface area contributed by atoms with Gasteiger partial charge in [0.1, 0.15) is 18.0 Å². The summed E-state index contributed by atoms with van der Waals surface area (Å²) in [4.78, 5) is 8.21. The van der Waals surface area contributed by atoms with Gasteiger partial charge < -0.3 is 5.32 Å². The van der Waals surface area contributed by atoms with Crippen LogP contribution in [0.4, 0.5) is 10.2 Å². The summed E-state index contributed by atoms with van der Waals surface area (Å²) in [6, 6.07) is 15.0. The van der Waals surface area contributed by atoms with Crippen LogP contribution in [-0.4, -0.2) is 16.5 Å². The molecule has 0 bridgehead atoms. The van der Waals surface area contributed by atoms with E-state index >= 15 is 0 Å². The fourth-order valence-corrected chi connectivity index (χ4v) is 2.17. The Morgan fingerprint density at radius 3 is 2.65 bits per heavy atom. The Bertz CT molecular complexity index is 708. The molecule has 20 heavy (non-hydrogen) atoms. The van der Waals surface area contributed by atoms with Crippen molar-refractivity contribution in [3.63, 3.8) is 0 Å². The van der Waals surface area contributed by atoms with Crippen LogP contribution in [0, 0.1) is 5.82 Å². The van der Waals surface area contributed by atoms with E-state index < -0.39 is 0 Å². The molecular formula is C16H14FN3. The summed E-state index contributed by atoms with van der Waals surface area (Å²) < 4.78 is 13.9. The molecule has 0 spiro atoms. The molecule has 0 saturated carbocycles. The van der Waals surface area contributed by atoms with Crippen molar-refractivity contribution in [3.8, 4) is 0 Å². The number of aromatic nitrogens is 2. The van der Waals surface area contributed by atoms with Gasteiger partial charge in [0.25, 0.3) is 0 Å². The van der Waals surface area contributed by atoms with E-state index in [1.54, 1.807) is 12.1 Å². The molecule has 1 aromatic heterocycles. The van der Waals surface area contributed by atoms with Gasteiger partial charge in [-0.05, 0) is 24.1 Å². The van der Waals surface area contributed by atoms with Gasteiger partial charge in [-0.2, -0.15) is 0 Å². The quantitative estimate of drug-likeness (QED) is 0.787. The first kappa shape index (κ1) is 12.5. The number of halogens is 1. The van der Waals surface area contributed by atoms with E-state index in [-0.39, 0.29) is 5.82 Å². The van der Waals surface area contributed by atoms with Crippen molar-refractivity contribution in [2.75, 3.05) is 11.9 Å². The highest BCUT2D eigenvalue weighted by Gasteiger charge is 2.07. The minimum atomic E-state index is -0.301. The van der Waals surface area contributed by atoms with Crippen molar-refractivity contribution in [1.82, 2.24) is 9.97 Å². The average Bonchev–Trinajstić information content (AvgIpc) is 2.49. The highest BCUT2D eigenvalue weighted by Crippen LogP contribution is 2.22. The van der Waals surface area contributed by atoms with Crippen molar-refractivity contribution in [3.05, 3.63) is 66.2 Å². The van der Waals surface area contributed by atoms with E-state index in [2.05, 4.69) is 27.4 Å². The number of hydrogen-bond donors (Lipinski definition) is 1. The first-order chi connectivity index (χ1) is 9.84. The molecule has 0 saturated heterocycles. The zero-order valence-electron chi connectivity index (χ0n) is 10.9. The average molecular weight is 267 g/mol. The third-order valence-corrected chi connectivity index (χ3v) is 3.16. The summed E-state index contributed by atoms with van der Waals surface area (Å²) in [7, 11) is 0. The second-order valence-corrected chi connectivity index (χ2v) is 4.52. The minimum Gasteiger partial charge on any atom is -0.369 e. The predicted molar refractivity (Wildman–Crippen MR) is 78.1 cm³/mol. The molecule has 4 heteroatoms. The lowest BCUT2D eigenvalue weighted by Crippen LogP contribution is -2.07. The van der Waals surface area contributed by atoms with Crippen molar-refractivity contribution < 1.29 is 4.39 Å². The molecule has 0 atom stereocenters. The molecule has 3 nitrogen and oxygen atoms in total. The number of nitrogens with one attached hydrogen (secondary N) is 1. The molecule has 3 rings (SSSR count). The van der Waals surface area contributed by atoms with Gasteiger partial charge in [-0.25, -0.2) is 14.4 Å². The van der Waals surface area contributed by atoms with Crippen molar-refractivity contribution >= 4 is 16.7 Å². The topological polar surface area (TPSA) is 37.8 Å². The van der Waals surface area contributed by atoms with Gasteiger partial charge in [0.15, 0.2) is 0 Å². The Labute approximate surface area is 116 Å². The van der Waals surface area contributed by atoms with E-state index in [4.69, 9.17) is 0 Å². The monoisotopic (exact) mass is 267 g/mol. The van der Waals surface area contributed by atoms with Crippen LogP contribution >= 0.6 is 0 Å². The summed E-state index contributed by atoms with van der Waals surface area (Å²) in [5, 5.41) is 3.63. The predicted octanol–water partition coefficient (Wildman–Crippen LogP) is 3.42. The molecular weight excluding hydrogens is 253 g/mol. The standard InChI is InChI=1S/C16H14FN3/c17-13-7-4-8-14-15(13)16(20-11-19-14)18-10-9-12-5-2-1-3-6-12/h1-8,11H,9-10H2,(H,18,19,20). The summed E-state index contributed by atoms with van der Waals surface area (Å²) in [5.74, 6) is 0.245. The molecule has 1 heterocycles. The lowest BCUT2D eigenvalue weighted by molar-refractivity contribution is 0.639. The minimum absolute atomic E-state index is 0.301. The molecule has 0 aliphatic carbocycles. The molecule has 3 aromatic rings. The Morgan fingerprint density at radius 2 is 1.80 bits per heavy atom. The summed E-state index contributed by atoms with van der Waals surface area (Å²) in [6.07, 6.45) is 2.31. The van der Waals surface area contributed by atoms with Crippen molar-refractivity contribution in [2.45, 2.75) is 6.42 Å². The lowest BCUT2D eigenvalue weighted by Gasteiger charge is -2.08. The molecule has 0 radical (unpaired) electrons. The smallest absolute Gasteiger partial charge is 0.140 e. The fraction of sp³-hybridized carbons (Fsp3) is 0.125. The molecule has 0 amide bonds. The second-order valence-electron chi connectivity index (χ2n) is 4.52. The maximum absolute atomic E-state index is 13.9. The fourth-order valence-electron chi connectivity index (χ4n) is 2.17. The molecule has 0 fully saturated rings.